The number of aromatic hydroxyl groups is 1. The molecule has 38 heavy (non-hydrogen) atoms. The average molecular weight is 539 g/mol. The van der Waals surface area contributed by atoms with Crippen molar-refractivity contribution in [3.05, 3.63) is 63.4 Å². The van der Waals surface area contributed by atoms with E-state index in [2.05, 4.69) is 10.2 Å². The largest absolute Gasteiger partial charge is 0.508 e. The third kappa shape index (κ3) is 3.06. The van der Waals surface area contributed by atoms with Crippen molar-refractivity contribution in [2.75, 3.05) is 18.4 Å². The van der Waals surface area contributed by atoms with E-state index in [0.29, 0.717) is 25.3 Å². The Bertz CT molecular complexity index is 1450. The summed E-state index contributed by atoms with van der Waals surface area (Å²) in [5.74, 6) is -1.53. The number of carbonyl (C=O) groups excluding carboxylic acids is 1. The van der Waals surface area contributed by atoms with E-state index in [0.717, 1.165) is 30.5 Å². The van der Waals surface area contributed by atoms with Crippen molar-refractivity contribution in [2.45, 2.75) is 55.3 Å². The molecule has 198 valence electrons. The van der Waals surface area contributed by atoms with Crippen molar-refractivity contribution < 1.29 is 34.8 Å². The maximum atomic E-state index is 13.6. The predicted octanol–water partition coefficient (Wildman–Crippen LogP) is 3.37. The van der Waals surface area contributed by atoms with E-state index in [9.17, 15) is 30.0 Å². The minimum Gasteiger partial charge on any atom is -0.508 e. The summed E-state index contributed by atoms with van der Waals surface area (Å²) < 4.78 is 6.20. The Hall–Kier alpha value is -3.27. The zero-order chi connectivity index (χ0) is 26.6. The number of ether oxygens (including phenoxy) is 1. The van der Waals surface area contributed by atoms with Gasteiger partial charge in [-0.25, -0.2) is 4.79 Å². The fourth-order valence-electron chi connectivity index (χ4n) is 7.37. The van der Waals surface area contributed by atoms with Crippen LogP contribution in [0.5, 0.6) is 11.5 Å². The number of anilines is 1. The number of benzene rings is 2. The number of phenols is 1. The predicted molar refractivity (Wildman–Crippen MR) is 137 cm³/mol. The Morgan fingerprint density at radius 3 is 2.71 bits per heavy atom. The molecular formula is C28H27ClN2O7. The highest BCUT2D eigenvalue weighted by atomic mass is 35.5. The van der Waals surface area contributed by atoms with E-state index in [4.69, 9.17) is 16.3 Å². The normalized spacial score (nSPS) is 31.0. The van der Waals surface area contributed by atoms with Gasteiger partial charge < -0.3 is 30.5 Å². The van der Waals surface area contributed by atoms with Crippen LogP contribution in [0.25, 0.3) is 0 Å². The zero-order valence-corrected chi connectivity index (χ0v) is 21.2. The number of carboxylic acids is 1. The van der Waals surface area contributed by atoms with Crippen molar-refractivity contribution in [2.24, 2.45) is 5.92 Å². The first kappa shape index (κ1) is 23.8. The Labute approximate surface area is 223 Å². The van der Waals surface area contributed by atoms with Gasteiger partial charge in [-0.05, 0) is 68.0 Å². The monoisotopic (exact) mass is 538 g/mol. The molecule has 3 aliphatic carbocycles. The van der Waals surface area contributed by atoms with Crippen LogP contribution in [-0.2, 0) is 16.6 Å². The van der Waals surface area contributed by atoms with Gasteiger partial charge in [-0.3, -0.25) is 9.69 Å². The number of piperidine rings is 1. The topological polar surface area (TPSA) is 140 Å². The number of amides is 1. The lowest BCUT2D eigenvalue weighted by molar-refractivity contribution is -0.172. The van der Waals surface area contributed by atoms with E-state index in [1.807, 2.05) is 6.07 Å². The number of aliphatic hydroxyl groups excluding tert-OH is 1. The lowest BCUT2D eigenvalue weighted by Gasteiger charge is -2.62. The third-order valence-electron chi connectivity index (χ3n) is 9.25. The molecule has 2 aromatic carbocycles. The van der Waals surface area contributed by atoms with Crippen LogP contribution in [-0.4, -0.2) is 68.0 Å². The highest BCUT2D eigenvalue weighted by Gasteiger charge is 2.73. The number of nitrogens with one attached hydrogen (secondary N) is 1. The van der Waals surface area contributed by atoms with Gasteiger partial charge in [-0.1, -0.05) is 17.7 Å². The molecule has 4 atom stereocenters. The first-order valence-electron chi connectivity index (χ1n) is 12.9. The minimum absolute atomic E-state index is 0.0164. The fourth-order valence-corrected chi connectivity index (χ4v) is 7.54. The molecule has 0 unspecified atom stereocenters. The molecule has 2 aliphatic heterocycles. The number of carbonyl (C=O) groups is 2. The summed E-state index contributed by atoms with van der Waals surface area (Å²) >= 11 is 6.06. The van der Waals surface area contributed by atoms with Gasteiger partial charge in [0, 0.05) is 29.6 Å². The highest BCUT2D eigenvalue weighted by molar-refractivity contribution is 6.31. The molecule has 7 rings (SSSR count). The summed E-state index contributed by atoms with van der Waals surface area (Å²) in [5.41, 5.74) is -1.02. The van der Waals surface area contributed by atoms with Gasteiger partial charge in [0.15, 0.2) is 17.6 Å². The van der Waals surface area contributed by atoms with Gasteiger partial charge in [-0.2, -0.15) is 0 Å². The van der Waals surface area contributed by atoms with Gasteiger partial charge >= 0.3 is 5.97 Å². The van der Waals surface area contributed by atoms with Crippen molar-refractivity contribution >= 4 is 29.2 Å². The lowest BCUT2D eigenvalue weighted by atomic mass is 9.49. The summed E-state index contributed by atoms with van der Waals surface area (Å²) in [6.45, 7) is 1.56. The molecule has 0 radical (unpaired) electrons. The van der Waals surface area contributed by atoms with Crippen LogP contribution in [0.1, 0.15) is 47.2 Å². The van der Waals surface area contributed by atoms with Crippen LogP contribution in [0.2, 0.25) is 5.02 Å². The van der Waals surface area contributed by atoms with Crippen LogP contribution in [0.15, 0.2) is 41.7 Å². The van der Waals surface area contributed by atoms with Crippen LogP contribution in [0.4, 0.5) is 5.69 Å². The average Bonchev–Trinajstić information content (AvgIpc) is 3.60. The van der Waals surface area contributed by atoms with Crippen molar-refractivity contribution in [1.29, 1.82) is 0 Å². The maximum Gasteiger partial charge on any atom is 0.337 e. The van der Waals surface area contributed by atoms with Crippen LogP contribution in [0.3, 0.4) is 0 Å². The number of nitrogens with zero attached hydrogens (tertiary/aromatic N) is 1. The van der Waals surface area contributed by atoms with Crippen molar-refractivity contribution in [3.63, 3.8) is 0 Å². The SMILES string of the molecule is O=C(Nc1cc(Cl)ccc1C(=O)O)C1=C(O)[C@@H]2Oc3c(O)ccc4c3[C@@]23CCN(CC2CC2)[C@H](C4)[C@]3(O)C1. The first-order chi connectivity index (χ1) is 18.1. The molecule has 5 N–H and O–H groups in total. The second-order valence-electron chi connectivity index (χ2n) is 11.2. The molecule has 2 bridgehead atoms. The standard InChI is InChI=1S/C28H27ClN2O7/c29-15-4-5-16(26(35)36)18(10-15)30-25(34)17-11-28(37)20-9-14-3-6-19(32)23-21(14)27(28,24(38-23)22(17)33)7-8-31(20)12-13-1-2-13/h3-6,10,13,20,24,32-33,37H,1-2,7-9,11-12H2,(H,30,34)(H,35,36)/t20-,24+,27+,28-/m1/s1. The molecule has 2 heterocycles. The zero-order valence-electron chi connectivity index (χ0n) is 20.4. The van der Waals surface area contributed by atoms with Crippen molar-refractivity contribution in [1.82, 2.24) is 4.90 Å². The first-order valence-corrected chi connectivity index (χ1v) is 13.3. The molecule has 9 nitrogen and oxygen atoms in total. The van der Waals surface area contributed by atoms with Crippen LogP contribution < -0.4 is 10.1 Å². The lowest BCUT2D eigenvalue weighted by Crippen LogP contribution is -2.75. The Kier molecular flexibility index (Phi) is 4.94. The van der Waals surface area contributed by atoms with Crippen LogP contribution >= 0.6 is 11.6 Å². The number of likely N-dealkylation sites (tertiary alicyclic amines) is 1. The van der Waals surface area contributed by atoms with E-state index in [-0.39, 0.29) is 51.6 Å². The van der Waals surface area contributed by atoms with E-state index in [1.165, 1.54) is 18.2 Å². The van der Waals surface area contributed by atoms with Crippen LogP contribution in [0, 0.1) is 5.92 Å². The molecule has 2 fully saturated rings. The highest BCUT2D eigenvalue weighted by Crippen LogP contribution is 2.66. The van der Waals surface area contributed by atoms with Crippen molar-refractivity contribution in [3.8, 4) is 11.5 Å². The summed E-state index contributed by atoms with van der Waals surface area (Å²) in [4.78, 5) is 27.6. The number of aromatic carboxylic acids is 1. The van der Waals surface area contributed by atoms with Gasteiger partial charge in [-0.15, -0.1) is 0 Å². The van der Waals surface area contributed by atoms with E-state index >= 15 is 0 Å². The molecule has 1 spiro atoms. The molecule has 2 aromatic rings. The molecular weight excluding hydrogens is 512 g/mol. The Morgan fingerprint density at radius 1 is 1.18 bits per heavy atom. The number of hydrogen-bond donors (Lipinski definition) is 5. The second-order valence-corrected chi connectivity index (χ2v) is 11.7. The van der Waals surface area contributed by atoms with Gasteiger partial charge in [0.25, 0.3) is 5.91 Å². The number of carboxylic acid groups (broad SMARTS) is 1. The van der Waals surface area contributed by atoms with Gasteiger partial charge in [0.05, 0.1) is 27.8 Å². The molecule has 1 saturated carbocycles. The van der Waals surface area contributed by atoms with Gasteiger partial charge in [0.1, 0.15) is 5.76 Å². The third-order valence-corrected chi connectivity index (χ3v) is 9.49. The molecule has 10 heteroatoms. The molecule has 5 aliphatic rings. The molecule has 1 amide bonds. The number of aliphatic hydroxyl groups is 2. The number of hydrogen-bond acceptors (Lipinski definition) is 7. The fraction of sp³-hybridized carbons (Fsp3) is 0.429. The summed E-state index contributed by atoms with van der Waals surface area (Å²) in [5, 5.41) is 47.2. The quantitative estimate of drug-likeness (QED) is 0.390. The number of rotatable bonds is 5. The van der Waals surface area contributed by atoms with E-state index in [1.54, 1.807) is 6.07 Å². The Balaban J connectivity index is 1.35. The smallest absolute Gasteiger partial charge is 0.337 e. The Morgan fingerprint density at radius 2 is 1.97 bits per heavy atom. The number of phenolic OH excluding ortho intramolecular Hbond substituents is 1. The minimum atomic E-state index is -1.46. The van der Waals surface area contributed by atoms with E-state index < -0.39 is 29.0 Å². The maximum absolute atomic E-state index is 13.6. The summed E-state index contributed by atoms with van der Waals surface area (Å²) in [6.07, 6.45) is 2.13. The van der Waals surface area contributed by atoms with Gasteiger partial charge in [0.2, 0.25) is 0 Å². The molecule has 0 aromatic heterocycles. The number of halogens is 1. The molecule has 1 saturated heterocycles. The summed E-state index contributed by atoms with van der Waals surface area (Å²) in [6, 6.07) is 7.16. The summed E-state index contributed by atoms with van der Waals surface area (Å²) in [7, 11) is 0. The second kappa shape index (κ2) is 7.88.